The van der Waals surface area contributed by atoms with Crippen molar-refractivity contribution in [2.75, 3.05) is 11.9 Å². The molecule has 38 heavy (non-hydrogen) atoms. The molecule has 0 spiro atoms. The second-order valence-corrected chi connectivity index (χ2v) is 8.89. The molecule has 1 atom stereocenters. The van der Waals surface area contributed by atoms with Gasteiger partial charge in [-0.15, -0.1) is 0 Å². The second-order valence-electron chi connectivity index (χ2n) is 8.89. The molecule has 0 fully saturated rings. The van der Waals surface area contributed by atoms with E-state index < -0.39 is 11.7 Å². The van der Waals surface area contributed by atoms with E-state index in [0.29, 0.717) is 52.5 Å². The molecular formula is C28H25F3N6O. The summed E-state index contributed by atoms with van der Waals surface area (Å²) in [5.41, 5.74) is 2.37. The van der Waals surface area contributed by atoms with Crippen LogP contribution in [-0.2, 0) is 12.7 Å². The number of rotatable bonds is 8. The zero-order chi connectivity index (χ0) is 26.7. The number of alkyl halides is 3. The van der Waals surface area contributed by atoms with Crippen LogP contribution >= 0.6 is 0 Å². The fourth-order valence-electron chi connectivity index (χ4n) is 4.21. The number of nitrogens with one attached hydrogen (secondary N) is 1. The molecule has 0 aliphatic heterocycles. The Bertz CT molecular complexity index is 1550. The van der Waals surface area contributed by atoms with E-state index in [-0.39, 0.29) is 12.6 Å². The van der Waals surface area contributed by atoms with Gasteiger partial charge in [-0.25, -0.2) is 15.0 Å². The van der Waals surface area contributed by atoms with Crippen molar-refractivity contribution in [1.82, 2.24) is 24.7 Å². The zero-order valence-corrected chi connectivity index (χ0v) is 20.5. The van der Waals surface area contributed by atoms with E-state index in [1.807, 2.05) is 43.3 Å². The lowest BCUT2D eigenvalue weighted by atomic mass is 10.0. The fourth-order valence-corrected chi connectivity index (χ4v) is 4.21. The fraction of sp³-hybridized carbons (Fsp3) is 0.214. The third-order valence-electron chi connectivity index (χ3n) is 6.13. The summed E-state index contributed by atoms with van der Waals surface area (Å²) in [6, 6.07) is 18.4. The molecule has 2 N–H and O–H groups in total. The van der Waals surface area contributed by atoms with Crippen molar-refractivity contribution >= 4 is 17.0 Å². The average molecular weight is 519 g/mol. The van der Waals surface area contributed by atoms with Gasteiger partial charge in [0, 0.05) is 42.1 Å². The highest BCUT2D eigenvalue weighted by Crippen LogP contribution is 2.36. The number of aliphatic hydroxyl groups excluding tert-OH is 1. The Kier molecular flexibility index (Phi) is 7.06. The number of aromatic nitrogens is 5. The van der Waals surface area contributed by atoms with Gasteiger partial charge in [-0.1, -0.05) is 42.5 Å². The van der Waals surface area contributed by atoms with E-state index >= 15 is 0 Å². The van der Waals surface area contributed by atoms with Crippen molar-refractivity contribution in [3.63, 3.8) is 0 Å². The SMILES string of the molecule is CC(Nc1nccc(-c2cc3cn(CCCO)nc3nc2-c2cccc(C(F)(F)F)c2)n1)c1ccccc1. The minimum atomic E-state index is -4.49. The number of pyridine rings is 1. The molecule has 3 heterocycles. The molecule has 10 heteroatoms. The van der Waals surface area contributed by atoms with Crippen LogP contribution in [0.3, 0.4) is 0 Å². The topological polar surface area (TPSA) is 88.8 Å². The summed E-state index contributed by atoms with van der Waals surface area (Å²) < 4.78 is 42.2. The molecule has 0 saturated heterocycles. The predicted molar refractivity (Wildman–Crippen MR) is 139 cm³/mol. The lowest BCUT2D eigenvalue weighted by molar-refractivity contribution is -0.137. The number of anilines is 1. The van der Waals surface area contributed by atoms with Crippen molar-refractivity contribution < 1.29 is 18.3 Å². The minimum absolute atomic E-state index is 0.0164. The number of fused-ring (bicyclic) bond motifs is 1. The lowest BCUT2D eigenvalue weighted by Crippen LogP contribution is -2.09. The van der Waals surface area contributed by atoms with Gasteiger partial charge in [0.1, 0.15) is 0 Å². The van der Waals surface area contributed by atoms with Crippen molar-refractivity contribution in [2.24, 2.45) is 0 Å². The Morgan fingerprint density at radius 1 is 1.00 bits per heavy atom. The van der Waals surface area contributed by atoms with E-state index in [4.69, 9.17) is 0 Å². The van der Waals surface area contributed by atoms with Gasteiger partial charge in [0.25, 0.3) is 0 Å². The van der Waals surface area contributed by atoms with Gasteiger partial charge in [-0.3, -0.25) is 4.68 Å². The number of hydrogen-bond acceptors (Lipinski definition) is 6. The Hall–Kier alpha value is -4.31. The highest BCUT2D eigenvalue weighted by Gasteiger charge is 2.31. The third kappa shape index (κ3) is 5.50. The van der Waals surface area contributed by atoms with Crippen molar-refractivity contribution in [3.05, 3.63) is 90.3 Å². The highest BCUT2D eigenvalue weighted by molar-refractivity contribution is 5.89. The molecular weight excluding hydrogens is 493 g/mol. The Morgan fingerprint density at radius 2 is 1.82 bits per heavy atom. The monoisotopic (exact) mass is 518 g/mol. The van der Waals surface area contributed by atoms with Gasteiger partial charge in [0.05, 0.1) is 23.0 Å². The summed E-state index contributed by atoms with van der Waals surface area (Å²) >= 11 is 0. The van der Waals surface area contributed by atoms with Gasteiger partial charge in [-0.05, 0) is 43.2 Å². The molecule has 0 radical (unpaired) electrons. The molecule has 3 aromatic heterocycles. The van der Waals surface area contributed by atoms with Crippen LogP contribution in [0, 0.1) is 0 Å². The van der Waals surface area contributed by atoms with Crippen LogP contribution < -0.4 is 5.32 Å². The van der Waals surface area contributed by atoms with Crippen LogP contribution in [0.4, 0.5) is 19.1 Å². The summed E-state index contributed by atoms with van der Waals surface area (Å²) in [6.07, 6.45) is -0.573. The standard InChI is InChI=1S/C28H25F3N6O/c1-18(19-7-3-2-4-8-19)33-27-32-12-11-24(34-27)23-16-21-17-37(13-6-14-38)36-26(21)35-25(23)20-9-5-10-22(15-20)28(29,30)31/h2-5,7-12,15-18,38H,6,13-14H2,1H3,(H,32,33,34). The molecule has 7 nitrogen and oxygen atoms in total. The maximum absolute atomic E-state index is 13.5. The molecule has 0 aliphatic carbocycles. The number of aryl methyl sites for hydroxylation is 1. The first-order valence-corrected chi connectivity index (χ1v) is 12.1. The first-order valence-electron chi connectivity index (χ1n) is 12.1. The van der Waals surface area contributed by atoms with Crippen LogP contribution in [-0.4, -0.2) is 36.4 Å². The zero-order valence-electron chi connectivity index (χ0n) is 20.5. The number of halogens is 3. The first-order chi connectivity index (χ1) is 18.3. The van der Waals surface area contributed by atoms with E-state index in [1.165, 1.54) is 6.07 Å². The minimum Gasteiger partial charge on any atom is -0.396 e. The van der Waals surface area contributed by atoms with Crippen LogP contribution in [0.1, 0.15) is 30.5 Å². The summed E-state index contributed by atoms with van der Waals surface area (Å²) in [4.78, 5) is 13.7. The first kappa shape index (κ1) is 25.3. The number of nitrogens with zero attached hydrogens (tertiary/aromatic N) is 5. The quantitative estimate of drug-likeness (QED) is 0.257. The lowest BCUT2D eigenvalue weighted by Gasteiger charge is -2.15. The van der Waals surface area contributed by atoms with Gasteiger partial charge >= 0.3 is 6.18 Å². The molecule has 2 aromatic carbocycles. The van der Waals surface area contributed by atoms with Crippen molar-refractivity contribution in [3.8, 4) is 22.5 Å². The molecule has 5 aromatic rings. The van der Waals surface area contributed by atoms with Crippen LogP contribution in [0.5, 0.6) is 0 Å². The molecule has 0 amide bonds. The maximum atomic E-state index is 13.5. The Labute approximate surface area is 217 Å². The van der Waals surface area contributed by atoms with E-state index in [1.54, 1.807) is 29.2 Å². The van der Waals surface area contributed by atoms with E-state index in [2.05, 4.69) is 25.4 Å². The Morgan fingerprint density at radius 3 is 2.58 bits per heavy atom. The third-order valence-corrected chi connectivity index (χ3v) is 6.13. The number of hydrogen-bond donors (Lipinski definition) is 2. The maximum Gasteiger partial charge on any atom is 0.416 e. The van der Waals surface area contributed by atoms with E-state index in [9.17, 15) is 18.3 Å². The molecule has 194 valence electrons. The second kappa shape index (κ2) is 10.6. The van der Waals surface area contributed by atoms with E-state index in [0.717, 1.165) is 17.7 Å². The van der Waals surface area contributed by atoms with Crippen molar-refractivity contribution in [2.45, 2.75) is 32.1 Å². The molecule has 0 bridgehead atoms. The van der Waals surface area contributed by atoms with Crippen LogP contribution in [0.2, 0.25) is 0 Å². The van der Waals surface area contributed by atoms with Crippen LogP contribution in [0.15, 0.2) is 79.1 Å². The molecule has 0 saturated carbocycles. The largest absolute Gasteiger partial charge is 0.416 e. The summed E-state index contributed by atoms with van der Waals surface area (Å²) in [7, 11) is 0. The highest BCUT2D eigenvalue weighted by atomic mass is 19.4. The van der Waals surface area contributed by atoms with Gasteiger partial charge in [-0.2, -0.15) is 18.3 Å². The number of benzene rings is 2. The summed E-state index contributed by atoms with van der Waals surface area (Å²) in [5.74, 6) is 0.382. The van der Waals surface area contributed by atoms with Gasteiger partial charge in [0.2, 0.25) is 5.95 Å². The van der Waals surface area contributed by atoms with Gasteiger partial charge in [0.15, 0.2) is 5.65 Å². The summed E-state index contributed by atoms with van der Waals surface area (Å²) in [6.45, 7) is 2.50. The van der Waals surface area contributed by atoms with Crippen LogP contribution in [0.25, 0.3) is 33.5 Å². The smallest absolute Gasteiger partial charge is 0.396 e. The normalized spacial score (nSPS) is 12.6. The number of aliphatic hydroxyl groups is 1. The van der Waals surface area contributed by atoms with Gasteiger partial charge < -0.3 is 10.4 Å². The Balaban J connectivity index is 1.60. The summed E-state index contributed by atoms with van der Waals surface area (Å²) in [5, 5.41) is 17.6. The molecule has 5 rings (SSSR count). The molecule has 1 unspecified atom stereocenters. The molecule has 0 aliphatic rings. The predicted octanol–water partition coefficient (Wildman–Crippen LogP) is 6.13. The average Bonchev–Trinajstić information content (AvgIpc) is 3.33. The van der Waals surface area contributed by atoms with Crippen molar-refractivity contribution in [1.29, 1.82) is 0 Å².